The van der Waals surface area contributed by atoms with E-state index in [1.54, 1.807) is 0 Å². The molecule has 1 unspecified atom stereocenters. The van der Waals surface area contributed by atoms with E-state index in [-0.39, 0.29) is 5.25 Å². The number of benzene rings is 2. The predicted octanol–water partition coefficient (Wildman–Crippen LogP) is 3.41. The average Bonchev–Trinajstić information content (AvgIpc) is 2.40. The Morgan fingerprint density at radius 1 is 0.941 bits per heavy atom. The van der Waals surface area contributed by atoms with Crippen LogP contribution < -0.4 is 10.5 Å². The molecule has 0 aliphatic heterocycles. The smallest absolute Gasteiger partial charge is 0.127 e. The minimum absolute atomic E-state index is 0.0841. The van der Waals surface area contributed by atoms with Gasteiger partial charge in [0.05, 0.1) is 0 Å². The molecule has 0 saturated carbocycles. The Morgan fingerprint density at radius 2 is 1.53 bits per heavy atom. The lowest BCUT2D eigenvalue weighted by Crippen LogP contribution is -2.06. The van der Waals surface area contributed by atoms with E-state index in [1.807, 2.05) is 54.6 Å². The van der Waals surface area contributed by atoms with Crippen molar-refractivity contribution < 1.29 is 4.74 Å². The van der Waals surface area contributed by atoms with E-state index in [0.29, 0.717) is 6.54 Å². The second-order valence-electron chi connectivity index (χ2n) is 3.74. The van der Waals surface area contributed by atoms with Gasteiger partial charge >= 0.3 is 0 Å². The molecule has 0 heterocycles. The molecule has 2 N–H and O–H groups in total. The second-order valence-corrected chi connectivity index (χ2v) is 4.36. The molecular weight excluding hydrogens is 230 g/mol. The Bertz CT molecular complexity index is 455. The minimum Gasteiger partial charge on any atom is -0.457 e. The van der Waals surface area contributed by atoms with Crippen molar-refractivity contribution in [1.29, 1.82) is 0 Å². The van der Waals surface area contributed by atoms with E-state index in [9.17, 15) is 0 Å². The number of thiol groups is 1. The van der Waals surface area contributed by atoms with E-state index in [4.69, 9.17) is 10.5 Å². The highest BCUT2D eigenvalue weighted by Gasteiger charge is 2.04. The molecule has 2 aromatic carbocycles. The van der Waals surface area contributed by atoms with Gasteiger partial charge in [0, 0.05) is 11.8 Å². The third-order valence-corrected chi connectivity index (χ3v) is 2.98. The van der Waals surface area contributed by atoms with E-state index in [0.717, 1.165) is 17.1 Å². The Labute approximate surface area is 107 Å². The summed E-state index contributed by atoms with van der Waals surface area (Å²) in [4.78, 5) is 0. The molecule has 0 bridgehead atoms. The number of para-hydroxylation sites is 1. The summed E-state index contributed by atoms with van der Waals surface area (Å²) in [6.07, 6.45) is 0. The lowest BCUT2D eigenvalue weighted by atomic mass is 10.1. The molecule has 0 amide bonds. The van der Waals surface area contributed by atoms with Gasteiger partial charge in [0.1, 0.15) is 11.5 Å². The molecule has 3 heteroatoms. The maximum atomic E-state index is 5.69. The highest BCUT2D eigenvalue weighted by atomic mass is 32.1. The van der Waals surface area contributed by atoms with Gasteiger partial charge < -0.3 is 10.5 Å². The van der Waals surface area contributed by atoms with Crippen LogP contribution in [0.2, 0.25) is 0 Å². The van der Waals surface area contributed by atoms with Crippen LogP contribution in [0.3, 0.4) is 0 Å². The van der Waals surface area contributed by atoms with Gasteiger partial charge in [-0.25, -0.2) is 0 Å². The number of rotatable bonds is 4. The van der Waals surface area contributed by atoms with Crippen molar-refractivity contribution in [3.05, 3.63) is 60.2 Å². The van der Waals surface area contributed by atoms with E-state index >= 15 is 0 Å². The molecule has 88 valence electrons. The van der Waals surface area contributed by atoms with E-state index in [1.165, 1.54) is 0 Å². The highest BCUT2D eigenvalue weighted by Crippen LogP contribution is 2.24. The number of nitrogens with two attached hydrogens (primary N) is 1. The van der Waals surface area contributed by atoms with Crippen molar-refractivity contribution in [3.63, 3.8) is 0 Å². The van der Waals surface area contributed by atoms with Gasteiger partial charge in [0.2, 0.25) is 0 Å². The molecule has 0 aliphatic rings. The molecule has 0 aromatic heterocycles. The lowest BCUT2D eigenvalue weighted by Gasteiger charge is -2.09. The van der Waals surface area contributed by atoms with Crippen LogP contribution in [-0.2, 0) is 0 Å². The standard InChI is InChI=1S/C14H15NOS/c15-10-14(17)11-6-8-13(9-7-11)16-12-4-2-1-3-5-12/h1-9,14,17H,10,15H2. The summed E-state index contributed by atoms with van der Waals surface area (Å²) in [5, 5.41) is 0.0841. The quantitative estimate of drug-likeness (QED) is 0.810. The summed E-state index contributed by atoms with van der Waals surface area (Å²) in [6.45, 7) is 0.530. The summed E-state index contributed by atoms with van der Waals surface area (Å²) in [6, 6.07) is 17.5. The lowest BCUT2D eigenvalue weighted by molar-refractivity contribution is 0.482. The first kappa shape index (κ1) is 12.0. The summed E-state index contributed by atoms with van der Waals surface area (Å²) in [7, 11) is 0. The first-order valence-corrected chi connectivity index (χ1v) is 6.02. The van der Waals surface area contributed by atoms with Gasteiger partial charge in [-0.3, -0.25) is 0 Å². The fourth-order valence-electron chi connectivity index (χ4n) is 1.52. The fraction of sp³-hybridized carbons (Fsp3) is 0.143. The molecule has 0 fully saturated rings. The molecular formula is C14H15NOS. The van der Waals surface area contributed by atoms with Crippen LogP contribution in [0.5, 0.6) is 11.5 Å². The maximum absolute atomic E-state index is 5.69. The largest absolute Gasteiger partial charge is 0.457 e. The van der Waals surface area contributed by atoms with Crippen molar-refractivity contribution in [2.24, 2.45) is 5.73 Å². The number of hydrogen-bond donors (Lipinski definition) is 2. The molecule has 0 saturated heterocycles. The molecule has 2 nitrogen and oxygen atoms in total. The van der Waals surface area contributed by atoms with Gasteiger partial charge in [-0.05, 0) is 29.8 Å². The summed E-state index contributed by atoms with van der Waals surface area (Å²) < 4.78 is 5.69. The normalized spacial score (nSPS) is 12.1. The van der Waals surface area contributed by atoms with Crippen LogP contribution in [0.25, 0.3) is 0 Å². The zero-order valence-corrected chi connectivity index (χ0v) is 10.3. The van der Waals surface area contributed by atoms with Crippen molar-refractivity contribution in [2.45, 2.75) is 5.25 Å². The number of ether oxygens (including phenoxy) is 1. The Hall–Kier alpha value is -1.45. The van der Waals surface area contributed by atoms with Crippen molar-refractivity contribution in [1.82, 2.24) is 0 Å². The third-order valence-electron chi connectivity index (χ3n) is 2.47. The van der Waals surface area contributed by atoms with Crippen LogP contribution in [0.1, 0.15) is 10.8 Å². The van der Waals surface area contributed by atoms with Gasteiger partial charge in [-0.2, -0.15) is 12.6 Å². The zero-order chi connectivity index (χ0) is 12.1. The maximum Gasteiger partial charge on any atom is 0.127 e. The Morgan fingerprint density at radius 3 is 2.12 bits per heavy atom. The summed E-state index contributed by atoms with van der Waals surface area (Å²) in [5.41, 5.74) is 6.67. The first-order valence-electron chi connectivity index (χ1n) is 5.50. The SMILES string of the molecule is NCC(S)c1ccc(Oc2ccccc2)cc1. The van der Waals surface area contributed by atoms with Gasteiger partial charge in [0.25, 0.3) is 0 Å². The summed E-state index contributed by atoms with van der Waals surface area (Å²) >= 11 is 4.39. The van der Waals surface area contributed by atoms with Gasteiger partial charge in [0.15, 0.2) is 0 Å². The Balaban J connectivity index is 2.08. The topological polar surface area (TPSA) is 35.2 Å². The first-order chi connectivity index (χ1) is 8.29. The van der Waals surface area contributed by atoms with Gasteiger partial charge in [-0.15, -0.1) is 0 Å². The van der Waals surface area contributed by atoms with Crippen LogP contribution in [0.4, 0.5) is 0 Å². The van der Waals surface area contributed by atoms with Crippen molar-refractivity contribution in [2.75, 3.05) is 6.54 Å². The van der Waals surface area contributed by atoms with E-state index in [2.05, 4.69) is 12.6 Å². The van der Waals surface area contributed by atoms with Crippen LogP contribution >= 0.6 is 12.6 Å². The second kappa shape index (κ2) is 5.75. The highest BCUT2D eigenvalue weighted by molar-refractivity contribution is 7.80. The monoisotopic (exact) mass is 245 g/mol. The van der Waals surface area contributed by atoms with Gasteiger partial charge in [-0.1, -0.05) is 30.3 Å². The van der Waals surface area contributed by atoms with Crippen LogP contribution in [-0.4, -0.2) is 6.54 Å². The molecule has 0 radical (unpaired) electrons. The average molecular weight is 245 g/mol. The predicted molar refractivity (Wildman–Crippen MR) is 73.7 cm³/mol. The zero-order valence-electron chi connectivity index (χ0n) is 9.41. The molecule has 2 rings (SSSR count). The van der Waals surface area contributed by atoms with E-state index < -0.39 is 0 Å². The molecule has 0 spiro atoms. The number of hydrogen-bond acceptors (Lipinski definition) is 3. The Kier molecular flexibility index (Phi) is 4.07. The molecule has 0 aliphatic carbocycles. The molecule has 17 heavy (non-hydrogen) atoms. The van der Waals surface area contributed by atoms with Crippen molar-refractivity contribution in [3.8, 4) is 11.5 Å². The molecule has 1 atom stereocenters. The summed E-state index contributed by atoms with van der Waals surface area (Å²) in [5.74, 6) is 1.65. The fourth-order valence-corrected chi connectivity index (χ4v) is 1.69. The van der Waals surface area contributed by atoms with Crippen LogP contribution in [0.15, 0.2) is 54.6 Å². The third kappa shape index (κ3) is 3.25. The van der Waals surface area contributed by atoms with Crippen LogP contribution in [0, 0.1) is 0 Å². The van der Waals surface area contributed by atoms with Crippen molar-refractivity contribution >= 4 is 12.6 Å². The minimum atomic E-state index is 0.0841. The molecule has 2 aromatic rings.